The number of rotatable bonds is 7. The van der Waals surface area contributed by atoms with Crippen molar-refractivity contribution in [2.45, 2.75) is 39.7 Å². The van der Waals surface area contributed by atoms with E-state index in [0.717, 1.165) is 31.0 Å². The molecule has 5 heteroatoms. The van der Waals surface area contributed by atoms with Gasteiger partial charge in [0.1, 0.15) is 16.8 Å². The van der Waals surface area contributed by atoms with Crippen molar-refractivity contribution in [3.05, 3.63) is 17.0 Å². The maximum absolute atomic E-state index is 6.06. The van der Waals surface area contributed by atoms with Gasteiger partial charge in [0.2, 0.25) is 0 Å². The van der Waals surface area contributed by atoms with Crippen molar-refractivity contribution in [3.63, 3.8) is 0 Å². The minimum absolute atomic E-state index is 0.348. The average molecular weight is 272 g/mol. The van der Waals surface area contributed by atoms with Gasteiger partial charge in [-0.1, -0.05) is 18.5 Å². The lowest BCUT2D eigenvalue weighted by Crippen LogP contribution is -2.34. The zero-order valence-corrected chi connectivity index (χ0v) is 12.4. The molecule has 0 N–H and O–H groups in total. The smallest absolute Gasteiger partial charge is 0.134 e. The lowest BCUT2D eigenvalue weighted by atomic mass is 10.3. The largest absolute Gasteiger partial charge is 0.383 e. The van der Waals surface area contributed by atoms with Gasteiger partial charge in [0.15, 0.2) is 0 Å². The molecule has 1 aromatic heterocycles. The van der Waals surface area contributed by atoms with Gasteiger partial charge in [-0.05, 0) is 20.3 Å². The molecule has 1 aromatic rings. The third-order valence-corrected chi connectivity index (χ3v) is 2.85. The summed E-state index contributed by atoms with van der Waals surface area (Å²) in [5.74, 6) is 1.69. The van der Waals surface area contributed by atoms with Crippen LogP contribution in [0.25, 0.3) is 0 Å². The Morgan fingerprint density at radius 3 is 2.67 bits per heavy atom. The summed E-state index contributed by atoms with van der Waals surface area (Å²) >= 11 is 6.06. The summed E-state index contributed by atoms with van der Waals surface area (Å²) in [6.07, 6.45) is 1.86. The molecule has 0 amide bonds. The van der Waals surface area contributed by atoms with Crippen molar-refractivity contribution in [2.75, 3.05) is 25.2 Å². The standard InChI is InChI=1S/C13H22ClN3O/c1-5-6-12-15-11(14)9-13(16-12)17(10(2)3)7-8-18-4/h9-10H,5-8H2,1-4H3. The van der Waals surface area contributed by atoms with Crippen molar-refractivity contribution >= 4 is 17.4 Å². The number of aryl methyl sites for hydroxylation is 1. The summed E-state index contributed by atoms with van der Waals surface area (Å²) in [5, 5.41) is 0.506. The molecule has 0 aliphatic heterocycles. The molecule has 0 fully saturated rings. The molecule has 0 saturated carbocycles. The van der Waals surface area contributed by atoms with Gasteiger partial charge in [-0.3, -0.25) is 0 Å². The molecule has 0 aromatic carbocycles. The highest BCUT2D eigenvalue weighted by atomic mass is 35.5. The average Bonchev–Trinajstić information content (AvgIpc) is 2.28. The lowest BCUT2D eigenvalue weighted by Gasteiger charge is -2.27. The first-order valence-corrected chi connectivity index (χ1v) is 6.75. The van der Waals surface area contributed by atoms with Gasteiger partial charge in [0, 0.05) is 32.2 Å². The van der Waals surface area contributed by atoms with Crippen molar-refractivity contribution in [2.24, 2.45) is 0 Å². The minimum Gasteiger partial charge on any atom is -0.383 e. The van der Waals surface area contributed by atoms with Gasteiger partial charge in [0.25, 0.3) is 0 Å². The van der Waals surface area contributed by atoms with Gasteiger partial charge >= 0.3 is 0 Å². The second kappa shape index (κ2) is 7.54. The van der Waals surface area contributed by atoms with Gasteiger partial charge in [-0.15, -0.1) is 0 Å². The Kier molecular flexibility index (Phi) is 6.36. The van der Waals surface area contributed by atoms with E-state index < -0.39 is 0 Å². The SMILES string of the molecule is CCCc1nc(Cl)cc(N(CCOC)C(C)C)n1. The lowest BCUT2D eigenvalue weighted by molar-refractivity contribution is 0.203. The maximum Gasteiger partial charge on any atom is 0.134 e. The van der Waals surface area contributed by atoms with Crippen LogP contribution in [0.2, 0.25) is 5.15 Å². The van der Waals surface area contributed by atoms with Crippen molar-refractivity contribution in [1.82, 2.24) is 9.97 Å². The van der Waals surface area contributed by atoms with Crippen LogP contribution in [0.4, 0.5) is 5.82 Å². The minimum atomic E-state index is 0.348. The summed E-state index contributed by atoms with van der Waals surface area (Å²) in [6.45, 7) is 7.83. The quantitative estimate of drug-likeness (QED) is 0.715. The molecule has 0 radical (unpaired) electrons. The summed E-state index contributed by atoms with van der Waals surface area (Å²) in [7, 11) is 1.70. The van der Waals surface area contributed by atoms with Crippen molar-refractivity contribution in [1.29, 1.82) is 0 Å². The van der Waals surface area contributed by atoms with Crippen LogP contribution in [-0.2, 0) is 11.2 Å². The number of hydrogen-bond acceptors (Lipinski definition) is 4. The molecule has 4 nitrogen and oxygen atoms in total. The topological polar surface area (TPSA) is 38.2 Å². The van der Waals surface area contributed by atoms with Crippen LogP contribution in [0.1, 0.15) is 33.0 Å². The molecule has 0 saturated heterocycles. The summed E-state index contributed by atoms with van der Waals surface area (Å²) in [6, 6.07) is 2.16. The van der Waals surface area contributed by atoms with E-state index in [1.807, 2.05) is 6.07 Å². The number of hydrogen-bond donors (Lipinski definition) is 0. The van der Waals surface area contributed by atoms with E-state index >= 15 is 0 Å². The number of anilines is 1. The van der Waals surface area contributed by atoms with Crippen LogP contribution in [0, 0.1) is 0 Å². The summed E-state index contributed by atoms with van der Waals surface area (Å²) < 4.78 is 5.13. The van der Waals surface area contributed by atoms with Crippen molar-refractivity contribution in [3.8, 4) is 0 Å². The van der Waals surface area contributed by atoms with E-state index in [2.05, 4.69) is 35.6 Å². The first kappa shape index (κ1) is 15.2. The fraction of sp³-hybridized carbons (Fsp3) is 0.692. The number of aromatic nitrogens is 2. The van der Waals surface area contributed by atoms with Crippen LogP contribution in [-0.4, -0.2) is 36.3 Å². The zero-order valence-electron chi connectivity index (χ0n) is 11.6. The van der Waals surface area contributed by atoms with Crippen LogP contribution in [0.15, 0.2) is 6.07 Å². The Balaban J connectivity index is 2.95. The summed E-state index contributed by atoms with van der Waals surface area (Å²) in [5.41, 5.74) is 0. The number of methoxy groups -OCH3 is 1. The van der Waals surface area contributed by atoms with Crippen LogP contribution in [0.5, 0.6) is 0 Å². The van der Waals surface area contributed by atoms with Crippen LogP contribution < -0.4 is 4.90 Å². The van der Waals surface area contributed by atoms with E-state index in [4.69, 9.17) is 16.3 Å². The maximum atomic E-state index is 6.06. The van der Waals surface area contributed by atoms with Gasteiger partial charge in [-0.25, -0.2) is 9.97 Å². The number of nitrogens with zero attached hydrogens (tertiary/aromatic N) is 3. The molecular formula is C13H22ClN3O. The molecule has 0 spiro atoms. The fourth-order valence-corrected chi connectivity index (χ4v) is 1.96. The molecular weight excluding hydrogens is 250 g/mol. The second-order valence-corrected chi connectivity index (χ2v) is 4.88. The Morgan fingerprint density at radius 1 is 1.39 bits per heavy atom. The first-order chi connectivity index (χ1) is 8.58. The number of halogens is 1. The molecule has 0 atom stereocenters. The highest BCUT2D eigenvalue weighted by Gasteiger charge is 2.13. The van der Waals surface area contributed by atoms with E-state index in [9.17, 15) is 0 Å². The molecule has 102 valence electrons. The highest BCUT2D eigenvalue weighted by Crippen LogP contribution is 2.18. The molecule has 1 rings (SSSR count). The van der Waals surface area contributed by atoms with E-state index in [1.165, 1.54) is 0 Å². The Morgan fingerprint density at radius 2 is 2.11 bits per heavy atom. The van der Waals surface area contributed by atoms with Crippen LogP contribution in [0.3, 0.4) is 0 Å². The zero-order chi connectivity index (χ0) is 13.5. The predicted octanol–water partition coefficient (Wildman–Crippen LogP) is 2.94. The second-order valence-electron chi connectivity index (χ2n) is 4.50. The van der Waals surface area contributed by atoms with Gasteiger partial charge in [0.05, 0.1) is 6.61 Å². The number of ether oxygens (including phenoxy) is 1. The Hall–Kier alpha value is -0.870. The summed E-state index contributed by atoms with van der Waals surface area (Å²) in [4.78, 5) is 11.0. The van der Waals surface area contributed by atoms with E-state index in [-0.39, 0.29) is 0 Å². The normalized spacial score (nSPS) is 11.0. The van der Waals surface area contributed by atoms with Gasteiger partial charge < -0.3 is 9.64 Å². The molecule has 1 heterocycles. The first-order valence-electron chi connectivity index (χ1n) is 6.37. The van der Waals surface area contributed by atoms with Gasteiger partial charge in [-0.2, -0.15) is 0 Å². The van der Waals surface area contributed by atoms with E-state index in [0.29, 0.717) is 17.8 Å². The molecule has 0 aliphatic carbocycles. The monoisotopic (exact) mass is 271 g/mol. The third kappa shape index (κ3) is 4.42. The van der Waals surface area contributed by atoms with Crippen LogP contribution >= 0.6 is 11.6 Å². The molecule has 0 aliphatic rings. The molecule has 18 heavy (non-hydrogen) atoms. The fourth-order valence-electron chi connectivity index (χ4n) is 1.76. The Labute approximate surface area is 114 Å². The van der Waals surface area contributed by atoms with Crippen molar-refractivity contribution < 1.29 is 4.74 Å². The third-order valence-electron chi connectivity index (χ3n) is 2.66. The van der Waals surface area contributed by atoms with E-state index in [1.54, 1.807) is 7.11 Å². The Bertz CT molecular complexity index is 371. The molecule has 0 unspecified atom stereocenters. The molecule has 0 bridgehead atoms. The highest BCUT2D eigenvalue weighted by molar-refractivity contribution is 6.29. The predicted molar refractivity (Wildman–Crippen MR) is 75.4 cm³/mol.